The summed E-state index contributed by atoms with van der Waals surface area (Å²) in [7, 11) is 1.67. The molecule has 0 aliphatic heterocycles. The highest BCUT2D eigenvalue weighted by Gasteiger charge is 2.06. The molecule has 2 heterocycles. The van der Waals surface area contributed by atoms with Gasteiger partial charge >= 0.3 is 0 Å². The van der Waals surface area contributed by atoms with Gasteiger partial charge < -0.3 is 4.74 Å². The summed E-state index contributed by atoms with van der Waals surface area (Å²) < 4.78 is 8.10. The highest BCUT2D eigenvalue weighted by molar-refractivity contribution is 14.1. The van der Waals surface area contributed by atoms with E-state index in [1.807, 2.05) is 36.7 Å². The molecular weight excluding hydrogens is 341 g/mol. The van der Waals surface area contributed by atoms with Crippen LogP contribution < -0.4 is 4.74 Å². The number of hydrogen-bond acceptors (Lipinski definition) is 3. The van der Waals surface area contributed by atoms with E-state index >= 15 is 0 Å². The van der Waals surface area contributed by atoms with Crippen LogP contribution in [0.5, 0.6) is 5.75 Å². The lowest BCUT2D eigenvalue weighted by atomic mass is 10.1. The molecule has 0 fully saturated rings. The number of ether oxygens (including phenoxy) is 1. The number of fused-ring (bicyclic) bond motifs is 1. The minimum absolute atomic E-state index is 0.832. The zero-order chi connectivity index (χ0) is 12.5. The van der Waals surface area contributed by atoms with Crippen molar-refractivity contribution in [3.63, 3.8) is 0 Å². The predicted molar refractivity (Wildman–Crippen MR) is 78.1 cm³/mol. The van der Waals surface area contributed by atoms with Gasteiger partial charge in [0, 0.05) is 17.8 Å². The Morgan fingerprint density at radius 2 is 2.17 bits per heavy atom. The van der Waals surface area contributed by atoms with E-state index in [9.17, 15) is 0 Å². The van der Waals surface area contributed by atoms with E-state index in [0.717, 1.165) is 25.9 Å². The highest BCUT2D eigenvalue weighted by atomic mass is 127. The molecular formula is C13H10IN3O. The standard InChI is InChI=1S/C13H10IN3O/c1-18-11-2-3-12-9(6-11)4-5-15-13(12)17-8-10(14)7-16-17/h2-8H,1H3. The summed E-state index contributed by atoms with van der Waals surface area (Å²) in [6.07, 6.45) is 5.54. The molecule has 3 aromatic rings. The first-order chi connectivity index (χ1) is 8.78. The van der Waals surface area contributed by atoms with Gasteiger partial charge in [-0.2, -0.15) is 5.10 Å². The summed E-state index contributed by atoms with van der Waals surface area (Å²) in [4.78, 5) is 4.40. The van der Waals surface area contributed by atoms with Gasteiger partial charge in [0.2, 0.25) is 0 Å². The molecule has 4 nitrogen and oxygen atoms in total. The van der Waals surface area contributed by atoms with E-state index in [-0.39, 0.29) is 0 Å². The predicted octanol–water partition coefficient (Wildman–Crippen LogP) is 3.03. The third kappa shape index (κ3) is 1.94. The Morgan fingerprint density at radius 1 is 1.28 bits per heavy atom. The highest BCUT2D eigenvalue weighted by Crippen LogP contribution is 2.24. The fourth-order valence-corrected chi connectivity index (χ4v) is 2.25. The molecule has 0 aliphatic rings. The van der Waals surface area contributed by atoms with Gasteiger partial charge in [0.05, 0.1) is 16.9 Å². The van der Waals surface area contributed by atoms with Crippen LogP contribution in [0.4, 0.5) is 0 Å². The van der Waals surface area contributed by atoms with Gasteiger partial charge in [-0.15, -0.1) is 0 Å². The second-order valence-electron chi connectivity index (χ2n) is 3.82. The Morgan fingerprint density at radius 3 is 2.89 bits per heavy atom. The molecule has 90 valence electrons. The van der Waals surface area contributed by atoms with Crippen molar-refractivity contribution in [3.05, 3.63) is 46.4 Å². The molecule has 3 rings (SSSR count). The van der Waals surface area contributed by atoms with Crippen molar-refractivity contribution in [2.75, 3.05) is 7.11 Å². The molecule has 0 saturated heterocycles. The second kappa shape index (κ2) is 4.56. The van der Waals surface area contributed by atoms with E-state index in [4.69, 9.17) is 4.74 Å². The fourth-order valence-electron chi connectivity index (χ4n) is 1.87. The van der Waals surface area contributed by atoms with E-state index in [1.165, 1.54) is 0 Å². The number of methoxy groups -OCH3 is 1. The number of rotatable bonds is 2. The molecule has 0 N–H and O–H groups in total. The van der Waals surface area contributed by atoms with Crippen molar-refractivity contribution in [3.8, 4) is 11.6 Å². The van der Waals surface area contributed by atoms with Crippen molar-refractivity contribution in [2.45, 2.75) is 0 Å². The smallest absolute Gasteiger partial charge is 0.161 e. The van der Waals surface area contributed by atoms with E-state index in [2.05, 4.69) is 32.7 Å². The largest absolute Gasteiger partial charge is 0.497 e. The average molecular weight is 351 g/mol. The Balaban J connectivity index is 2.24. The lowest BCUT2D eigenvalue weighted by Crippen LogP contribution is -1.98. The molecule has 0 radical (unpaired) electrons. The van der Waals surface area contributed by atoms with Crippen molar-refractivity contribution in [1.29, 1.82) is 0 Å². The molecule has 0 atom stereocenters. The minimum Gasteiger partial charge on any atom is -0.497 e. The summed E-state index contributed by atoms with van der Waals surface area (Å²) in [5.74, 6) is 1.67. The van der Waals surface area contributed by atoms with Crippen LogP contribution in [-0.2, 0) is 0 Å². The Labute approximate surface area is 118 Å². The molecule has 0 aliphatic carbocycles. The summed E-state index contributed by atoms with van der Waals surface area (Å²) >= 11 is 2.23. The second-order valence-corrected chi connectivity index (χ2v) is 5.07. The summed E-state index contributed by atoms with van der Waals surface area (Å²) in [6, 6.07) is 7.90. The quantitative estimate of drug-likeness (QED) is 0.667. The number of benzene rings is 1. The first kappa shape index (κ1) is 11.5. The lowest BCUT2D eigenvalue weighted by Gasteiger charge is -2.06. The molecule has 5 heteroatoms. The van der Waals surface area contributed by atoms with Crippen molar-refractivity contribution >= 4 is 33.4 Å². The number of halogens is 1. The fraction of sp³-hybridized carbons (Fsp3) is 0.0769. The van der Waals surface area contributed by atoms with Crippen LogP contribution in [0.15, 0.2) is 42.9 Å². The third-order valence-corrected chi connectivity index (χ3v) is 3.28. The number of aromatic nitrogens is 3. The Kier molecular flexibility index (Phi) is 2.91. The van der Waals surface area contributed by atoms with Gasteiger partial charge in [0.15, 0.2) is 5.82 Å². The van der Waals surface area contributed by atoms with E-state index in [0.29, 0.717) is 0 Å². The van der Waals surface area contributed by atoms with Gasteiger partial charge in [-0.05, 0) is 52.2 Å². The van der Waals surface area contributed by atoms with Crippen LogP contribution in [0.25, 0.3) is 16.6 Å². The molecule has 0 saturated carbocycles. The molecule has 18 heavy (non-hydrogen) atoms. The SMILES string of the molecule is COc1ccc2c(-n3cc(I)cn3)nccc2c1. The third-order valence-electron chi connectivity index (χ3n) is 2.72. The summed E-state index contributed by atoms with van der Waals surface area (Å²) in [5.41, 5.74) is 0. The van der Waals surface area contributed by atoms with Crippen molar-refractivity contribution in [2.24, 2.45) is 0 Å². The van der Waals surface area contributed by atoms with E-state index < -0.39 is 0 Å². The normalized spacial score (nSPS) is 10.8. The minimum atomic E-state index is 0.832. The summed E-state index contributed by atoms with van der Waals surface area (Å²) in [6.45, 7) is 0. The van der Waals surface area contributed by atoms with Gasteiger partial charge in [-0.1, -0.05) is 0 Å². The van der Waals surface area contributed by atoms with Gasteiger partial charge in [-0.25, -0.2) is 9.67 Å². The molecule has 0 amide bonds. The number of nitrogens with zero attached hydrogens (tertiary/aromatic N) is 3. The maximum absolute atomic E-state index is 5.23. The molecule has 0 spiro atoms. The van der Waals surface area contributed by atoms with Crippen LogP contribution in [0, 0.1) is 3.57 Å². The van der Waals surface area contributed by atoms with Crippen LogP contribution in [0.2, 0.25) is 0 Å². The maximum atomic E-state index is 5.23. The first-order valence-electron chi connectivity index (χ1n) is 5.41. The molecule has 2 aromatic heterocycles. The van der Waals surface area contributed by atoms with Gasteiger partial charge in [-0.3, -0.25) is 0 Å². The average Bonchev–Trinajstić information content (AvgIpc) is 2.84. The zero-order valence-corrected chi connectivity index (χ0v) is 11.8. The van der Waals surface area contributed by atoms with E-state index in [1.54, 1.807) is 18.0 Å². The molecule has 1 aromatic carbocycles. The Bertz CT molecular complexity index is 708. The molecule has 0 unspecified atom stereocenters. The summed E-state index contributed by atoms with van der Waals surface area (Å²) in [5, 5.41) is 6.44. The number of pyridine rings is 1. The number of hydrogen-bond donors (Lipinski definition) is 0. The van der Waals surface area contributed by atoms with Gasteiger partial charge in [0.25, 0.3) is 0 Å². The monoisotopic (exact) mass is 351 g/mol. The zero-order valence-electron chi connectivity index (χ0n) is 9.67. The van der Waals surface area contributed by atoms with Gasteiger partial charge in [0.1, 0.15) is 5.75 Å². The topological polar surface area (TPSA) is 39.9 Å². The molecule has 0 bridgehead atoms. The van der Waals surface area contributed by atoms with Crippen molar-refractivity contribution in [1.82, 2.24) is 14.8 Å². The van der Waals surface area contributed by atoms with Crippen molar-refractivity contribution < 1.29 is 4.74 Å². The maximum Gasteiger partial charge on any atom is 0.161 e. The Hall–Kier alpha value is -1.63. The van der Waals surface area contributed by atoms with Crippen LogP contribution in [-0.4, -0.2) is 21.9 Å². The first-order valence-corrected chi connectivity index (χ1v) is 6.49. The van der Waals surface area contributed by atoms with Crippen LogP contribution >= 0.6 is 22.6 Å². The van der Waals surface area contributed by atoms with Crippen LogP contribution in [0.3, 0.4) is 0 Å². The lowest BCUT2D eigenvalue weighted by molar-refractivity contribution is 0.415. The van der Waals surface area contributed by atoms with Crippen LogP contribution in [0.1, 0.15) is 0 Å².